The molecular formula is C18H41BrNP. The summed E-state index contributed by atoms with van der Waals surface area (Å²) >= 11 is 4.48. The van der Waals surface area contributed by atoms with Crippen LogP contribution in [0, 0.1) is 0 Å². The molecule has 0 aromatic heterocycles. The Labute approximate surface area is 143 Å². The molecule has 21 heavy (non-hydrogen) atoms. The van der Waals surface area contributed by atoms with E-state index in [9.17, 15) is 0 Å². The molecule has 0 aliphatic carbocycles. The van der Waals surface area contributed by atoms with Crippen molar-refractivity contribution in [2.45, 2.75) is 85.6 Å². The van der Waals surface area contributed by atoms with Crippen LogP contribution < -0.4 is 5.32 Å². The van der Waals surface area contributed by atoms with Gasteiger partial charge in [-0.2, -0.15) is 0 Å². The molecule has 1 unspecified atom stereocenters. The van der Waals surface area contributed by atoms with Gasteiger partial charge in [-0.05, 0) is 0 Å². The molecule has 0 saturated heterocycles. The minimum atomic E-state index is -1.66. The van der Waals surface area contributed by atoms with E-state index in [4.69, 9.17) is 0 Å². The molecule has 0 aliphatic rings. The first-order valence-corrected chi connectivity index (χ1v) is 14.4. The molecule has 0 radical (unpaired) electrons. The second-order valence-corrected chi connectivity index (χ2v) is 18.5. The second kappa shape index (κ2) is 11.4. The summed E-state index contributed by atoms with van der Waals surface area (Å²) in [4.78, 5) is 0. The Balaban J connectivity index is 4.94. The zero-order valence-electron chi connectivity index (χ0n) is 15.4. The molecular weight excluding hydrogens is 341 g/mol. The molecule has 0 fully saturated rings. The van der Waals surface area contributed by atoms with E-state index in [0.717, 1.165) is 6.54 Å². The minimum absolute atomic E-state index is 0.666. The van der Waals surface area contributed by atoms with Crippen LogP contribution in [0.3, 0.4) is 0 Å². The first-order chi connectivity index (χ1) is 9.93. The van der Waals surface area contributed by atoms with Crippen LogP contribution >= 0.6 is 20.8 Å². The third kappa shape index (κ3) is 8.92. The van der Waals surface area contributed by atoms with Crippen molar-refractivity contribution in [1.82, 2.24) is 5.32 Å². The van der Waals surface area contributed by atoms with E-state index in [1.165, 1.54) is 69.6 Å². The number of halogens is 1. The van der Waals surface area contributed by atoms with Gasteiger partial charge in [0.25, 0.3) is 0 Å². The van der Waals surface area contributed by atoms with Gasteiger partial charge in [0.2, 0.25) is 0 Å². The maximum atomic E-state index is 4.48. The van der Waals surface area contributed by atoms with Crippen LogP contribution in [0.2, 0.25) is 0 Å². The summed E-state index contributed by atoms with van der Waals surface area (Å²) < 4.78 is 0. The number of hydrogen-bond acceptors (Lipinski definition) is 1. The average molecular weight is 382 g/mol. The Hall–Kier alpha value is 0.870. The number of hydrogen-bond donors (Lipinski definition) is 1. The Bertz CT molecular complexity index is 233. The van der Waals surface area contributed by atoms with E-state index in [-0.39, 0.29) is 0 Å². The standard InChI is InChI=1S/C18H41BrNP/c1-6-10-14-21(19,15-11-7-2,16-12-8-3)17-13-18(5)20-9-4/h18,20H,6-17H2,1-5H3. The predicted octanol–water partition coefficient (Wildman–Crippen LogP) is 6.64. The molecule has 3 heteroatoms. The van der Waals surface area contributed by atoms with Crippen LogP contribution in [0.5, 0.6) is 0 Å². The van der Waals surface area contributed by atoms with Gasteiger partial charge >= 0.3 is 143 Å². The summed E-state index contributed by atoms with van der Waals surface area (Å²) in [6.07, 6.45) is 15.4. The van der Waals surface area contributed by atoms with E-state index in [1.54, 1.807) is 0 Å². The Morgan fingerprint density at radius 3 is 1.57 bits per heavy atom. The normalized spacial score (nSPS) is 15.6. The van der Waals surface area contributed by atoms with Gasteiger partial charge in [0.15, 0.2) is 0 Å². The van der Waals surface area contributed by atoms with Crippen LogP contribution in [-0.2, 0) is 0 Å². The van der Waals surface area contributed by atoms with Gasteiger partial charge in [0.05, 0.1) is 0 Å². The fourth-order valence-corrected chi connectivity index (χ4v) is 11.9. The molecule has 1 atom stereocenters. The van der Waals surface area contributed by atoms with Crippen molar-refractivity contribution in [2.75, 3.05) is 31.2 Å². The van der Waals surface area contributed by atoms with Gasteiger partial charge in [-0.15, -0.1) is 0 Å². The molecule has 0 amide bonds. The van der Waals surface area contributed by atoms with Gasteiger partial charge in [0, 0.05) is 0 Å². The van der Waals surface area contributed by atoms with Crippen molar-refractivity contribution >= 4 is 20.8 Å². The monoisotopic (exact) mass is 381 g/mol. The molecule has 0 aromatic carbocycles. The van der Waals surface area contributed by atoms with Crippen molar-refractivity contribution in [3.8, 4) is 0 Å². The van der Waals surface area contributed by atoms with E-state index in [0.29, 0.717) is 6.04 Å². The fraction of sp³-hybridized carbons (Fsp3) is 1.00. The first-order valence-electron chi connectivity index (χ1n) is 9.39. The molecule has 0 bridgehead atoms. The van der Waals surface area contributed by atoms with E-state index in [1.807, 2.05) is 0 Å². The quantitative estimate of drug-likeness (QED) is 0.332. The van der Waals surface area contributed by atoms with Gasteiger partial charge in [-0.1, -0.05) is 0 Å². The summed E-state index contributed by atoms with van der Waals surface area (Å²) in [6.45, 7) is 12.7. The van der Waals surface area contributed by atoms with Crippen LogP contribution in [0.4, 0.5) is 0 Å². The molecule has 1 nitrogen and oxygen atoms in total. The summed E-state index contributed by atoms with van der Waals surface area (Å²) in [5, 5.41) is 1.94. The number of nitrogens with one attached hydrogen (secondary N) is 1. The zero-order chi connectivity index (χ0) is 16.2. The van der Waals surface area contributed by atoms with Crippen LogP contribution in [0.15, 0.2) is 0 Å². The van der Waals surface area contributed by atoms with Crippen LogP contribution in [-0.4, -0.2) is 37.2 Å². The zero-order valence-corrected chi connectivity index (χ0v) is 17.9. The molecule has 0 aromatic rings. The molecule has 0 rings (SSSR count). The van der Waals surface area contributed by atoms with Gasteiger partial charge in [-0.3, -0.25) is 0 Å². The molecule has 1 N–H and O–H groups in total. The Kier molecular flexibility index (Phi) is 11.9. The van der Waals surface area contributed by atoms with Crippen LogP contribution in [0.1, 0.15) is 79.6 Å². The van der Waals surface area contributed by atoms with Crippen molar-refractivity contribution in [2.24, 2.45) is 0 Å². The predicted molar refractivity (Wildman–Crippen MR) is 108 cm³/mol. The van der Waals surface area contributed by atoms with Crippen molar-refractivity contribution in [1.29, 1.82) is 0 Å². The summed E-state index contributed by atoms with van der Waals surface area (Å²) in [5.74, 6) is 0. The average Bonchev–Trinajstić information content (AvgIpc) is 2.48. The van der Waals surface area contributed by atoms with E-state index < -0.39 is 5.31 Å². The Morgan fingerprint density at radius 2 is 1.24 bits per heavy atom. The van der Waals surface area contributed by atoms with Crippen molar-refractivity contribution in [3.05, 3.63) is 0 Å². The Morgan fingerprint density at radius 1 is 0.810 bits per heavy atom. The third-order valence-electron chi connectivity index (χ3n) is 4.89. The summed E-state index contributed by atoms with van der Waals surface area (Å²) in [7, 11) is 0. The van der Waals surface area contributed by atoms with Gasteiger partial charge in [-0.25, -0.2) is 0 Å². The topological polar surface area (TPSA) is 12.0 Å². The van der Waals surface area contributed by atoms with Crippen LogP contribution in [0.25, 0.3) is 0 Å². The molecule has 0 spiro atoms. The number of unbranched alkanes of at least 4 members (excludes halogenated alkanes) is 3. The van der Waals surface area contributed by atoms with Crippen molar-refractivity contribution < 1.29 is 0 Å². The molecule has 0 saturated carbocycles. The summed E-state index contributed by atoms with van der Waals surface area (Å²) in [5.41, 5.74) is 0. The number of rotatable bonds is 14. The fourth-order valence-electron chi connectivity index (χ4n) is 3.30. The first kappa shape index (κ1) is 21.9. The third-order valence-corrected chi connectivity index (χ3v) is 14.8. The van der Waals surface area contributed by atoms with Crippen molar-refractivity contribution in [3.63, 3.8) is 0 Å². The maximum absolute atomic E-state index is 4.48. The molecule has 0 aliphatic heterocycles. The van der Waals surface area contributed by atoms with E-state index in [2.05, 4.69) is 55.4 Å². The van der Waals surface area contributed by atoms with Gasteiger partial charge < -0.3 is 0 Å². The molecule has 0 heterocycles. The van der Waals surface area contributed by atoms with E-state index >= 15 is 0 Å². The molecule has 130 valence electrons. The SMILES string of the molecule is CCCCP(Br)(CCCC)(CCCC)CCC(C)NCC. The summed E-state index contributed by atoms with van der Waals surface area (Å²) in [6, 6.07) is 0.666. The van der Waals surface area contributed by atoms with Gasteiger partial charge in [0.1, 0.15) is 0 Å². The second-order valence-electron chi connectivity index (χ2n) is 7.02.